The third-order valence-electron chi connectivity index (χ3n) is 5.92. The summed E-state index contributed by atoms with van der Waals surface area (Å²) in [5.41, 5.74) is 1.15. The van der Waals surface area contributed by atoms with Crippen LogP contribution in [0, 0.1) is 5.92 Å². The summed E-state index contributed by atoms with van der Waals surface area (Å²) in [5.74, 6) is 0.350. The molecule has 0 radical (unpaired) electrons. The Balaban J connectivity index is 1.84. The number of rotatable bonds is 8. The Morgan fingerprint density at radius 2 is 1.85 bits per heavy atom. The summed E-state index contributed by atoms with van der Waals surface area (Å²) >= 11 is 6.07. The highest BCUT2D eigenvalue weighted by atomic mass is 35.5. The van der Waals surface area contributed by atoms with Crippen LogP contribution in [0.1, 0.15) is 64.0 Å². The van der Waals surface area contributed by atoms with Crippen LogP contribution >= 0.6 is 11.6 Å². The van der Waals surface area contributed by atoms with Crippen LogP contribution in [0.4, 0.5) is 0 Å². The van der Waals surface area contributed by atoms with Crippen LogP contribution in [0.15, 0.2) is 24.3 Å². The Kier molecular flexibility index (Phi) is 6.98. The van der Waals surface area contributed by atoms with E-state index >= 15 is 0 Å². The maximum Gasteiger partial charge on any atom is 0.226 e. The van der Waals surface area contributed by atoms with Crippen LogP contribution in [0.2, 0.25) is 5.02 Å². The maximum atomic E-state index is 13.3. The van der Waals surface area contributed by atoms with Gasteiger partial charge in [-0.15, -0.1) is 0 Å². The van der Waals surface area contributed by atoms with E-state index in [4.69, 9.17) is 11.6 Å². The third-order valence-corrected chi connectivity index (χ3v) is 7.98. The van der Waals surface area contributed by atoms with E-state index in [1.165, 1.54) is 0 Å². The van der Waals surface area contributed by atoms with Gasteiger partial charge < -0.3 is 4.90 Å². The maximum absolute atomic E-state index is 13.3. The first kappa shape index (κ1) is 20.8. The monoisotopic (exact) mass is 410 g/mol. The van der Waals surface area contributed by atoms with Crippen LogP contribution in [-0.2, 0) is 15.8 Å². The first-order valence-electron chi connectivity index (χ1n) is 10.2. The number of carbonyl (C=O) groups is 1. The molecule has 1 saturated carbocycles. The van der Waals surface area contributed by atoms with E-state index in [2.05, 4.69) is 18.7 Å². The fourth-order valence-corrected chi connectivity index (χ4v) is 5.61. The Labute approximate surface area is 170 Å². The fourth-order valence-electron chi connectivity index (χ4n) is 4.12. The molecule has 0 aromatic heterocycles. The topological polar surface area (TPSA) is 40.6 Å². The second kappa shape index (κ2) is 9.06. The van der Waals surface area contributed by atoms with Crippen LogP contribution in [-0.4, -0.2) is 44.2 Å². The minimum atomic E-state index is -0.935. The van der Waals surface area contributed by atoms with Gasteiger partial charge in [-0.3, -0.25) is 4.79 Å². The van der Waals surface area contributed by atoms with Crippen LogP contribution in [0.3, 0.4) is 0 Å². The summed E-state index contributed by atoms with van der Waals surface area (Å²) in [5, 5.41) is 1.03. The molecule has 1 saturated heterocycles. The average molecular weight is 411 g/mol. The number of piperidine rings is 1. The van der Waals surface area contributed by atoms with Gasteiger partial charge >= 0.3 is 0 Å². The molecule has 150 valence electrons. The largest absolute Gasteiger partial charge is 0.331 e. The van der Waals surface area contributed by atoms with Crippen molar-refractivity contribution in [1.82, 2.24) is 9.21 Å². The lowest BCUT2D eigenvalue weighted by Gasteiger charge is -2.45. The van der Waals surface area contributed by atoms with Gasteiger partial charge in [-0.1, -0.05) is 37.6 Å². The highest BCUT2D eigenvalue weighted by molar-refractivity contribution is 7.83. The predicted molar refractivity (Wildman–Crippen MR) is 112 cm³/mol. The van der Waals surface area contributed by atoms with E-state index in [9.17, 15) is 9.00 Å². The van der Waals surface area contributed by atoms with E-state index in [0.29, 0.717) is 16.8 Å². The first-order chi connectivity index (χ1) is 13.0. The number of likely N-dealkylation sites (tertiary alicyclic amines) is 1. The van der Waals surface area contributed by atoms with Gasteiger partial charge in [0, 0.05) is 28.8 Å². The number of likely N-dealkylation sites (N-methyl/N-ethyl adjacent to an activating group) is 1. The fraction of sp³-hybridized carbons (Fsp3) is 0.667. The molecule has 0 spiro atoms. The van der Waals surface area contributed by atoms with E-state index < -0.39 is 11.0 Å². The summed E-state index contributed by atoms with van der Waals surface area (Å²) < 4.78 is 14.5. The molecule has 1 amide bonds. The molecule has 1 unspecified atom stereocenters. The average Bonchev–Trinajstić information content (AvgIpc) is 3.51. The molecule has 0 bridgehead atoms. The molecule has 1 aliphatic carbocycles. The standard InChI is InChI=1S/C21H31ClN2O2S/c1-4-15-8-13-20(16-6-9-17(22)10-7-16)24(21(15)25)18(5-2)14-23(3)27(26)19-11-12-19/h6-7,9-10,15,18-20H,4-5,8,11-14H2,1-3H3/t15-,18-,20-,27?/m0/s1. The molecular formula is C21H31ClN2O2S. The lowest BCUT2D eigenvalue weighted by Crippen LogP contribution is -2.52. The third kappa shape index (κ3) is 4.75. The second-order valence-corrected chi connectivity index (χ2v) is 10.1. The zero-order chi connectivity index (χ0) is 19.6. The molecule has 1 heterocycles. The minimum Gasteiger partial charge on any atom is -0.331 e. The van der Waals surface area contributed by atoms with Gasteiger partial charge in [-0.05, 0) is 63.3 Å². The van der Waals surface area contributed by atoms with Gasteiger partial charge in [0.1, 0.15) is 0 Å². The summed E-state index contributed by atoms with van der Waals surface area (Å²) in [6.45, 7) is 4.88. The van der Waals surface area contributed by atoms with Crippen molar-refractivity contribution in [3.05, 3.63) is 34.9 Å². The van der Waals surface area contributed by atoms with Gasteiger partial charge in [0.25, 0.3) is 0 Å². The van der Waals surface area contributed by atoms with Crippen molar-refractivity contribution in [3.8, 4) is 0 Å². The van der Waals surface area contributed by atoms with Crippen molar-refractivity contribution >= 4 is 28.5 Å². The number of carbonyl (C=O) groups excluding carboxylic acids is 1. The number of amides is 1. The van der Waals surface area contributed by atoms with Gasteiger partial charge in [-0.25, -0.2) is 8.51 Å². The highest BCUT2D eigenvalue weighted by Crippen LogP contribution is 2.38. The summed E-state index contributed by atoms with van der Waals surface area (Å²) in [4.78, 5) is 15.4. The van der Waals surface area contributed by atoms with Crippen LogP contribution in [0.25, 0.3) is 0 Å². The quantitative estimate of drug-likeness (QED) is 0.630. The molecule has 1 aromatic rings. The predicted octanol–water partition coefficient (Wildman–Crippen LogP) is 4.57. The zero-order valence-electron chi connectivity index (χ0n) is 16.6. The van der Waals surface area contributed by atoms with E-state index in [0.717, 1.165) is 44.1 Å². The zero-order valence-corrected chi connectivity index (χ0v) is 18.1. The summed E-state index contributed by atoms with van der Waals surface area (Å²) in [7, 11) is 0.996. The highest BCUT2D eigenvalue weighted by Gasteiger charge is 2.40. The summed E-state index contributed by atoms with van der Waals surface area (Å²) in [6.07, 6.45) is 5.75. The molecule has 4 nitrogen and oxygen atoms in total. The van der Waals surface area contributed by atoms with Crippen molar-refractivity contribution in [2.75, 3.05) is 13.6 Å². The Hall–Kier alpha value is -0.910. The van der Waals surface area contributed by atoms with E-state index in [1.54, 1.807) is 0 Å². The number of hydrogen-bond acceptors (Lipinski definition) is 2. The molecule has 27 heavy (non-hydrogen) atoms. The molecule has 0 N–H and O–H groups in total. The minimum absolute atomic E-state index is 0.0697. The van der Waals surface area contributed by atoms with Gasteiger partial charge in [0.15, 0.2) is 0 Å². The van der Waals surface area contributed by atoms with Crippen molar-refractivity contribution in [2.45, 2.75) is 69.7 Å². The van der Waals surface area contributed by atoms with Gasteiger partial charge in [-0.2, -0.15) is 0 Å². The van der Waals surface area contributed by atoms with Crippen molar-refractivity contribution in [1.29, 1.82) is 0 Å². The van der Waals surface area contributed by atoms with Crippen molar-refractivity contribution < 1.29 is 9.00 Å². The molecule has 2 fully saturated rings. The van der Waals surface area contributed by atoms with Gasteiger partial charge in [0.2, 0.25) is 5.91 Å². The molecule has 4 atom stereocenters. The SMILES string of the molecule is CC[C@H]1CC[C@@H](c2ccc(Cl)cc2)N([C@@H](CC)CN(C)S(=O)C2CC2)C1=O. The second-order valence-electron chi connectivity index (χ2n) is 7.84. The Morgan fingerprint density at radius 1 is 1.19 bits per heavy atom. The molecule has 6 heteroatoms. The number of hydrogen-bond donors (Lipinski definition) is 0. The molecule has 3 rings (SSSR count). The molecule has 2 aliphatic rings. The Bertz CT molecular complexity index is 677. The van der Waals surface area contributed by atoms with E-state index in [1.807, 2.05) is 35.6 Å². The molecule has 1 aromatic carbocycles. The number of halogens is 1. The number of benzene rings is 1. The first-order valence-corrected chi connectivity index (χ1v) is 11.7. The Morgan fingerprint density at radius 3 is 2.41 bits per heavy atom. The lowest BCUT2D eigenvalue weighted by atomic mass is 9.85. The lowest BCUT2D eigenvalue weighted by molar-refractivity contribution is -0.145. The van der Waals surface area contributed by atoms with Crippen LogP contribution in [0.5, 0.6) is 0 Å². The molecular weight excluding hydrogens is 380 g/mol. The van der Waals surface area contributed by atoms with Crippen molar-refractivity contribution in [2.24, 2.45) is 5.92 Å². The number of nitrogens with zero attached hydrogens (tertiary/aromatic N) is 2. The smallest absolute Gasteiger partial charge is 0.226 e. The summed E-state index contributed by atoms with van der Waals surface area (Å²) in [6, 6.07) is 8.03. The van der Waals surface area contributed by atoms with E-state index in [-0.39, 0.29) is 23.9 Å². The molecule has 1 aliphatic heterocycles. The normalized spacial score (nSPS) is 25.7. The van der Waals surface area contributed by atoms with Crippen LogP contribution < -0.4 is 0 Å². The van der Waals surface area contributed by atoms with Gasteiger partial charge in [0.05, 0.1) is 17.0 Å². The van der Waals surface area contributed by atoms with Crippen molar-refractivity contribution in [3.63, 3.8) is 0 Å².